The number of nitrogens with one attached hydrogen (secondary N) is 1. The van der Waals surface area contributed by atoms with E-state index in [2.05, 4.69) is 22.2 Å². The van der Waals surface area contributed by atoms with Crippen LogP contribution in [-0.4, -0.2) is 62.0 Å². The number of amides is 1. The molecule has 4 nitrogen and oxygen atoms in total. The lowest BCUT2D eigenvalue weighted by atomic mass is 9.88. The van der Waals surface area contributed by atoms with Crippen LogP contribution >= 0.6 is 0 Å². The summed E-state index contributed by atoms with van der Waals surface area (Å²) in [5.41, 5.74) is 0. The average Bonchev–Trinajstić information content (AvgIpc) is 3.03. The second-order valence-electron chi connectivity index (χ2n) is 8.24. The van der Waals surface area contributed by atoms with Crippen molar-refractivity contribution in [2.45, 2.75) is 51.4 Å². The first-order valence-electron chi connectivity index (χ1n) is 9.89. The lowest BCUT2D eigenvalue weighted by Crippen LogP contribution is -2.38. The van der Waals surface area contributed by atoms with Crippen molar-refractivity contribution in [1.82, 2.24) is 15.1 Å². The summed E-state index contributed by atoms with van der Waals surface area (Å²) >= 11 is 0. The molecule has 3 rings (SSSR count). The highest BCUT2D eigenvalue weighted by atomic mass is 16.1. The zero-order valence-corrected chi connectivity index (χ0v) is 14.9. The Morgan fingerprint density at radius 3 is 2.39 bits per heavy atom. The fourth-order valence-corrected chi connectivity index (χ4v) is 4.61. The number of piperidine rings is 1. The first-order chi connectivity index (χ1) is 11.2. The molecular formula is C19H35N3O. The van der Waals surface area contributed by atoms with Crippen LogP contribution in [0.25, 0.3) is 0 Å². The van der Waals surface area contributed by atoms with Gasteiger partial charge in [0.05, 0.1) is 0 Å². The van der Waals surface area contributed by atoms with Crippen LogP contribution in [0.2, 0.25) is 0 Å². The van der Waals surface area contributed by atoms with E-state index in [4.69, 9.17) is 0 Å². The highest BCUT2D eigenvalue weighted by molar-refractivity contribution is 5.78. The van der Waals surface area contributed by atoms with Gasteiger partial charge in [0.1, 0.15) is 0 Å². The van der Waals surface area contributed by atoms with Crippen molar-refractivity contribution >= 4 is 5.91 Å². The second-order valence-corrected chi connectivity index (χ2v) is 8.24. The van der Waals surface area contributed by atoms with E-state index in [-0.39, 0.29) is 0 Å². The quantitative estimate of drug-likeness (QED) is 0.844. The number of carbonyl (C=O) groups is 1. The highest BCUT2D eigenvalue weighted by Crippen LogP contribution is 2.25. The van der Waals surface area contributed by atoms with E-state index in [9.17, 15) is 4.79 Å². The first kappa shape index (κ1) is 17.2. The van der Waals surface area contributed by atoms with Gasteiger partial charge in [0.15, 0.2) is 0 Å². The second kappa shape index (κ2) is 8.48. The molecule has 4 heteroatoms. The smallest absolute Gasteiger partial charge is 0.223 e. The largest absolute Gasteiger partial charge is 0.356 e. The molecule has 2 saturated heterocycles. The van der Waals surface area contributed by atoms with Gasteiger partial charge in [0.25, 0.3) is 0 Å². The maximum atomic E-state index is 12.3. The van der Waals surface area contributed by atoms with Crippen LogP contribution in [0.1, 0.15) is 51.4 Å². The summed E-state index contributed by atoms with van der Waals surface area (Å²) in [4.78, 5) is 17.3. The van der Waals surface area contributed by atoms with Crippen molar-refractivity contribution in [1.29, 1.82) is 0 Å². The van der Waals surface area contributed by atoms with Crippen LogP contribution in [0.3, 0.4) is 0 Å². The summed E-state index contributed by atoms with van der Waals surface area (Å²) in [5.74, 6) is 2.20. The fourth-order valence-electron chi connectivity index (χ4n) is 4.61. The number of likely N-dealkylation sites (tertiary alicyclic amines) is 2. The van der Waals surface area contributed by atoms with Gasteiger partial charge >= 0.3 is 0 Å². The molecule has 1 atom stereocenters. The minimum Gasteiger partial charge on any atom is -0.356 e. The maximum Gasteiger partial charge on any atom is 0.223 e. The normalized spacial score (nSPS) is 29.0. The van der Waals surface area contributed by atoms with Crippen molar-refractivity contribution in [2.75, 3.05) is 46.3 Å². The van der Waals surface area contributed by atoms with Crippen molar-refractivity contribution < 1.29 is 4.79 Å². The summed E-state index contributed by atoms with van der Waals surface area (Å²) in [6.45, 7) is 7.13. The maximum absolute atomic E-state index is 12.3. The van der Waals surface area contributed by atoms with E-state index in [0.717, 1.165) is 25.3 Å². The molecule has 0 aromatic heterocycles. The Morgan fingerprint density at radius 1 is 0.957 bits per heavy atom. The van der Waals surface area contributed by atoms with Crippen LogP contribution in [0, 0.1) is 17.8 Å². The molecule has 132 valence electrons. The minimum atomic E-state index is 0.306. The van der Waals surface area contributed by atoms with Crippen LogP contribution in [-0.2, 0) is 4.79 Å². The third-order valence-electron chi connectivity index (χ3n) is 6.27. The molecule has 0 unspecified atom stereocenters. The van der Waals surface area contributed by atoms with Gasteiger partial charge in [0, 0.05) is 25.6 Å². The van der Waals surface area contributed by atoms with E-state index in [0.29, 0.717) is 17.7 Å². The number of hydrogen-bond acceptors (Lipinski definition) is 3. The Morgan fingerprint density at radius 2 is 1.65 bits per heavy atom. The van der Waals surface area contributed by atoms with Gasteiger partial charge in [0.2, 0.25) is 5.91 Å². The van der Waals surface area contributed by atoms with E-state index in [1.54, 1.807) is 0 Å². The predicted octanol–water partition coefficient (Wildman–Crippen LogP) is 2.35. The molecule has 1 amide bonds. The van der Waals surface area contributed by atoms with Gasteiger partial charge in [-0.15, -0.1) is 0 Å². The van der Waals surface area contributed by atoms with Gasteiger partial charge in [-0.3, -0.25) is 4.79 Å². The Balaban J connectivity index is 1.32. The molecule has 3 aliphatic rings. The van der Waals surface area contributed by atoms with Crippen LogP contribution in [0.15, 0.2) is 0 Å². The topological polar surface area (TPSA) is 35.6 Å². The van der Waals surface area contributed by atoms with E-state index < -0.39 is 0 Å². The Kier molecular flexibility index (Phi) is 6.35. The van der Waals surface area contributed by atoms with E-state index in [1.807, 2.05) is 0 Å². The molecule has 0 aromatic rings. The SMILES string of the molecule is CN1CCC(CN2CC[C@@H](CNC(=O)C3CCCCC3)C2)CC1. The average molecular weight is 322 g/mol. The standard InChI is InChI=1S/C19H35N3O/c1-21-10-7-16(8-11-21)14-22-12-9-17(15-22)13-20-19(23)18-5-3-2-4-6-18/h16-18H,2-15H2,1H3,(H,20,23)/t17-/m0/s1. The molecule has 2 aliphatic heterocycles. The molecule has 2 heterocycles. The third kappa shape index (κ3) is 5.18. The Hall–Kier alpha value is -0.610. The number of nitrogens with zero attached hydrogens (tertiary/aromatic N) is 2. The third-order valence-corrected chi connectivity index (χ3v) is 6.27. The molecule has 23 heavy (non-hydrogen) atoms. The molecular weight excluding hydrogens is 286 g/mol. The fraction of sp³-hybridized carbons (Fsp3) is 0.947. The summed E-state index contributed by atoms with van der Waals surface area (Å²) in [5, 5.41) is 3.25. The van der Waals surface area contributed by atoms with Crippen LogP contribution < -0.4 is 5.32 Å². The Bertz CT molecular complexity index is 373. The van der Waals surface area contributed by atoms with Crippen molar-refractivity contribution in [3.05, 3.63) is 0 Å². The molecule has 1 saturated carbocycles. The van der Waals surface area contributed by atoms with Crippen molar-refractivity contribution in [3.8, 4) is 0 Å². The van der Waals surface area contributed by atoms with Crippen molar-refractivity contribution in [2.24, 2.45) is 17.8 Å². The van der Waals surface area contributed by atoms with Gasteiger partial charge < -0.3 is 15.1 Å². The van der Waals surface area contributed by atoms with Gasteiger partial charge in [-0.2, -0.15) is 0 Å². The number of hydrogen-bond donors (Lipinski definition) is 1. The number of carbonyl (C=O) groups excluding carboxylic acids is 1. The monoisotopic (exact) mass is 321 g/mol. The number of rotatable bonds is 5. The molecule has 0 bridgehead atoms. The molecule has 0 aromatic carbocycles. The zero-order valence-electron chi connectivity index (χ0n) is 14.9. The van der Waals surface area contributed by atoms with E-state index >= 15 is 0 Å². The zero-order chi connectivity index (χ0) is 16.1. The summed E-state index contributed by atoms with van der Waals surface area (Å²) in [7, 11) is 2.23. The van der Waals surface area contributed by atoms with Crippen LogP contribution in [0.4, 0.5) is 0 Å². The molecule has 3 fully saturated rings. The van der Waals surface area contributed by atoms with Crippen molar-refractivity contribution in [3.63, 3.8) is 0 Å². The van der Waals surface area contributed by atoms with Gasteiger partial charge in [-0.05, 0) is 70.6 Å². The lowest BCUT2D eigenvalue weighted by molar-refractivity contribution is -0.126. The molecule has 0 radical (unpaired) electrons. The Labute approximate surface area is 142 Å². The molecule has 1 N–H and O–H groups in total. The molecule has 1 aliphatic carbocycles. The van der Waals surface area contributed by atoms with E-state index in [1.165, 1.54) is 71.2 Å². The summed E-state index contributed by atoms with van der Waals surface area (Å²) < 4.78 is 0. The van der Waals surface area contributed by atoms with Gasteiger partial charge in [-0.1, -0.05) is 19.3 Å². The highest BCUT2D eigenvalue weighted by Gasteiger charge is 2.27. The molecule has 0 spiro atoms. The minimum absolute atomic E-state index is 0.306. The first-order valence-corrected chi connectivity index (χ1v) is 9.89. The van der Waals surface area contributed by atoms with Crippen LogP contribution in [0.5, 0.6) is 0 Å². The lowest BCUT2D eigenvalue weighted by Gasteiger charge is -2.31. The summed E-state index contributed by atoms with van der Waals surface area (Å²) in [6, 6.07) is 0. The summed E-state index contributed by atoms with van der Waals surface area (Å²) in [6.07, 6.45) is 10.00. The van der Waals surface area contributed by atoms with Gasteiger partial charge in [-0.25, -0.2) is 0 Å². The predicted molar refractivity (Wildman–Crippen MR) is 94.4 cm³/mol.